The van der Waals surface area contributed by atoms with Gasteiger partial charge in [0.2, 0.25) is 10.0 Å². The molecule has 0 aliphatic rings. The van der Waals surface area contributed by atoms with Crippen LogP contribution in [0.2, 0.25) is 0 Å². The van der Waals surface area contributed by atoms with Crippen molar-refractivity contribution < 1.29 is 8.42 Å². The molecule has 0 saturated heterocycles. The number of nitrogens with zero attached hydrogens (tertiary/aromatic N) is 4. The maximum atomic E-state index is 12.3. The molecule has 104 valence electrons. The van der Waals surface area contributed by atoms with E-state index in [2.05, 4.69) is 15.2 Å². The van der Waals surface area contributed by atoms with Gasteiger partial charge in [-0.1, -0.05) is 0 Å². The number of sulfonamides is 1. The van der Waals surface area contributed by atoms with Crippen LogP contribution < -0.4 is 0 Å². The third-order valence-corrected chi connectivity index (χ3v) is 4.52. The zero-order chi connectivity index (χ0) is 14.8. The van der Waals surface area contributed by atoms with Gasteiger partial charge in [-0.2, -0.15) is 14.7 Å². The van der Waals surface area contributed by atoms with Crippen molar-refractivity contribution in [3.63, 3.8) is 0 Å². The van der Waals surface area contributed by atoms with Crippen LogP contribution in [0.1, 0.15) is 17.2 Å². The topological polar surface area (TPSA) is 103 Å². The van der Waals surface area contributed by atoms with E-state index in [1.54, 1.807) is 6.92 Å². The van der Waals surface area contributed by atoms with Crippen LogP contribution >= 0.6 is 0 Å². The molecule has 0 fully saturated rings. The van der Waals surface area contributed by atoms with E-state index in [0.717, 1.165) is 4.31 Å². The molecule has 2 aromatic rings. The van der Waals surface area contributed by atoms with Gasteiger partial charge in [0.05, 0.1) is 23.1 Å². The quantitative estimate of drug-likeness (QED) is 0.897. The minimum atomic E-state index is -3.62. The molecule has 0 saturated carbocycles. The van der Waals surface area contributed by atoms with E-state index < -0.39 is 10.0 Å². The van der Waals surface area contributed by atoms with E-state index in [1.165, 1.54) is 31.3 Å². The Kier molecular flexibility index (Phi) is 3.83. The highest BCUT2D eigenvalue weighted by Gasteiger charge is 2.22. The van der Waals surface area contributed by atoms with Crippen LogP contribution in [0.25, 0.3) is 0 Å². The van der Waals surface area contributed by atoms with Gasteiger partial charge >= 0.3 is 0 Å². The van der Waals surface area contributed by atoms with Gasteiger partial charge in [-0.15, -0.1) is 0 Å². The number of hydrogen-bond donors (Lipinski definition) is 1. The van der Waals surface area contributed by atoms with Crippen molar-refractivity contribution in [3.8, 4) is 6.07 Å². The van der Waals surface area contributed by atoms with Crippen molar-refractivity contribution in [2.75, 3.05) is 7.05 Å². The lowest BCUT2D eigenvalue weighted by atomic mass is 10.2. The summed E-state index contributed by atoms with van der Waals surface area (Å²) in [4.78, 5) is 4.20. The Balaban J connectivity index is 2.22. The number of aromatic nitrogens is 3. The summed E-state index contributed by atoms with van der Waals surface area (Å²) in [6.07, 6.45) is 0. The largest absolute Gasteiger partial charge is 0.263 e. The third-order valence-electron chi connectivity index (χ3n) is 2.70. The molecule has 0 atom stereocenters. The van der Waals surface area contributed by atoms with Crippen LogP contribution in [0.4, 0.5) is 0 Å². The summed E-state index contributed by atoms with van der Waals surface area (Å²) in [7, 11) is -2.17. The van der Waals surface area contributed by atoms with Gasteiger partial charge < -0.3 is 0 Å². The molecule has 0 unspecified atom stereocenters. The smallest absolute Gasteiger partial charge is 0.243 e. The van der Waals surface area contributed by atoms with Crippen molar-refractivity contribution in [1.82, 2.24) is 19.5 Å². The van der Waals surface area contributed by atoms with Crippen molar-refractivity contribution in [3.05, 3.63) is 41.5 Å². The van der Waals surface area contributed by atoms with E-state index >= 15 is 0 Å². The molecule has 20 heavy (non-hydrogen) atoms. The van der Waals surface area contributed by atoms with Gasteiger partial charge in [0, 0.05) is 7.05 Å². The molecule has 0 aliphatic carbocycles. The summed E-state index contributed by atoms with van der Waals surface area (Å²) in [5, 5.41) is 15.3. The zero-order valence-corrected chi connectivity index (χ0v) is 11.8. The van der Waals surface area contributed by atoms with Gasteiger partial charge in [-0.25, -0.2) is 13.4 Å². The van der Waals surface area contributed by atoms with E-state index in [1.807, 2.05) is 6.07 Å². The van der Waals surface area contributed by atoms with Crippen molar-refractivity contribution >= 4 is 10.0 Å². The van der Waals surface area contributed by atoms with Gasteiger partial charge in [-0.3, -0.25) is 5.10 Å². The zero-order valence-electron chi connectivity index (χ0n) is 11.0. The SMILES string of the molecule is Cc1nc(CN(C)S(=O)(=O)c2ccc(C#N)cc2)n[nH]1. The van der Waals surface area contributed by atoms with E-state index in [9.17, 15) is 8.42 Å². The fourth-order valence-electron chi connectivity index (χ4n) is 1.63. The summed E-state index contributed by atoms with van der Waals surface area (Å²) in [5.74, 6) is 1.03. The highest BCUT2D eigenvalue weighted by molar-refractivity contribution is 7.89. The predicted molar refractivity (Wildman–Crippen MR) is 70.9 cm³/mol. The number of nitrogens with one attached hydrogen (secondary N) is 1. The molecule has 0 bridgehead atoms. The van der Waals surface area contributed by atoms with Crippen LogP contribution in [-0.2, 0) is 16.6 Å². The summed E-state index contributed by atoms with van der Waals surface area (Å²) < 4.78 is 25.8. The predicted octanol–water partition coefficient (Wildman–Crippen LogP) is 0.806. The first kappa shape index (κ1) is 14.2. The Morgan fingerprint density at radius 3 is 2.50 bits per heavy atom. The highest BCUT2D eigenvalue weighted by atomic mass is 32.2. The second kappa shape index (κ2) is 5.40. The summed E-state index contributed by atoms with van der Waals surface area (Å²) in [6, 6.07) is 7.71. The number of H-pyrrole nitrogens is 1. The highest BCUT2D eigenvalue weighted by Crippen LogP contribution is 2.16. The van der Waals surface area contributed by atoms with Crippen LogP contribution in [0, 0.1) is 18.3 Å². The maximum absolute atomic E-state index is 12.3. The fraction of sp³-hybridized carbons (Fsp3) is 0.250. The summed E-state index contributed by atoms with van der Waals surface area (Å²) in [5.41, 5.74) is 0.413. The Bertz CT molecular complexity index is 743. The van der Waals surface area contributed by atoms with Crippen LogP contribution in [0.3, 0.4) is 0 Å². The molecule has 2 rings (SSSR count). The standard InChI is InChI=1S/C12H13N5O2S/c1-9-14-12(16-15-9)8-17(2)20(18,19)11-5-3-10(7-13)4-6-11/h3-6H,8H2,1-2H3,(H,14,15,16). The summed E-state index contributed by atoms with van der Waals surface area (Å²) >= 11 is 0. The molecule has 0 spiro atoms. The molecule has 8 heteroatoms. The molecule has 1 aromatic heterocycles. The molecule has 0 amide bonds. The number of aryl methyl sites for hydroxylation is 1. The van der Waals surface area contributed by atoms with E-state index in [4.69, 9.17) is 5.26 Å². The molecule has 7 nitrogen and oxygen atoms in total. The van der Waals surface area contributed by atoms with Gasteiger partial charge in [0.25, 0.3) is 0 Å². The van der Waals surface area contributed by atoms with Crippen LogP contribution in [0.15, 0.2) is 29.2 Å². The monoisotopic (exact) mass is 291 g/mol. The minimum Gasteiger partial charge on any atom is -0.263 e. The average molecular weight is 291 g/mol. The first-order valence-electron chi connectivity index (χ1n) is 5.78. The molecule has 0 radical (unpaired) electrons. The van der Waals surface area contributed by atoms with Crippen molar-refractivity contribution in [2.24, 2.45) is 0 Å². The molecule has 1 N–H and O–H groups in total. The Morgan fingerprint density at radius 2 is 2.00 bits per heavy atom. The second-order valence-corrected chi connectivity index (χ2v) is 6.28. The van der Waals surface area contributed by atoms with Crippen LogP contribution in [-0.4, -0.2) is 35.0 Å². The maximum Gasteiger partial charge on any atom is 0.243 e. The average Bonchev–Trinajstić information content (AvgIpc) is 2.84. The Labute approximate surface area is 116 Å². The van der Waals surface area contributed by atoms with Gasteiger partial charge in [0.15, 0.2) is 5.82 Å². The second-order valence-electron chi connectivity index (χ2n) is 4.23. The number of benzene rings is 1. The lowest BCUT2D eigenvalue weighted by molar-refractivity contribution is 0.457. The van der Waals surface area contributed by atoms with E-state index in [0.29, 0.717) is 17.2 Å². The van der Waals surface area contributed by atoms with Gasteiger partial charge in [-0.05, 0) is 31.2 Å². The normalized spacial score (nSPS) is 11.5. The first-order valence-corrected chi connectivity index (χ1v) is 7.22. The summed E-state index contributed by atoms with van der Waals surface area (Å²) in [6.45, 7) is 1.82. The fourth-order valence-corrected chi connectivity index (χ4v) is 2.75. The molecular weight excluding hydrogens is 278 g/mol. The lowest BCUT2D eigenvalue weighted by Gasteiger charge is -2.15. The molecule has 0 aliphatic heterocycles. The minimum absolute atomic E-state index is 0.0761. The third kappa shape index (κ3) is 2.84. The molecular formula is C12H13N5O2S. The van der Waals surface area contributed by atoms with Crippen LogP contribution in [0.5, 0.6) is 0 Å². The van der Waals surface area contributed by atoms with E-state index in [-0.39, 0.29) is 11.4 Å². The lowest BCUT2D eigenvalue weighted by Crippen LogP contribution is -2.27. The van der Waals surface area contributed by atoms with Crippen molar-refractivity contribution in [1.29, 1.82) is 5.26 Å². The van der Waals surface area contributed by atoms with Gasteiger partial charge in [0.1, 0.15) is 5.82 Å². The van der Waals surface area contributed by atoms with Crippen molar-refractivity contribution in [2.45, 2.75) is 18.4 Å². The number of hydrogen-bond acceptors (Lipinski definition) is 5. The number of rotatable bonds is 4. The first-order chi connectivity index (χ1) is 9.43. The Morgan fingerprint density at radius 1 is 1.35 bits per heavy atom. The molecule has 1 heterocycles. The number of nitriles is 1. The molecule has 1 aromatic carbocycles. The Hall–Kier alpha value is -2.24. The number of aromatic amines is 1.